The smallest absolute Gasteiger partial charge is 0.392 e. The van der Waals surface area contributed by atoms with Crippen molar-refractivity contribution < 1.29 is 39.5 Å². The molecule has 0 unspecified atom stereocenters. The van der Waals surface area contributed by atoms with Crippen molar-refractivity contribution >= 4 is 28.9 Å². The van der Waals surface area contributed by atoms with Gasteiger partial charge < -0.3 is 19.6 Å². The summed E-state index contributed by atoms with van der Waals surface area (Å²) in [4.78, 5) is 14.4. The van der Waals surface area contributed by atoms with Crippen molar-refractivity contribution in [2.45, 2.75) is 13.8 Å². The van der Waals surface area contributed by atoms with Gasteiger partial charge in [-0.05, 0) is 34.8 Å². The van der Waals surface area contributed by atoms with Crippen LogP contribution in [0.5, 0.6) is 23.0 Å². The van der Waals surface area contributed by atoms with Crippen molar-refractivity contribution in [2.24, 2.45) is 0 Å². The summed E-state index contributed by atoms with van der Waals surface area (Å²) in [5.41, 5.74) is 5.05. The summed E-state index contributed by atoms with van der Waals surface area (Å²) in [6, 6.07) is 27.7. The number of rotatable bonds is 2. The summed E-state index contributed by atoms with van der Waals surface area (Å²) >= 11 is 0. The molecule has 0 bridgehead atoms. The van der Waals surface area contributed by atoms with Crippen LogP contribution in [0.4, 0.5) is 0 Å². The second kappa shape index (κ2) is 10.2. The van der Waals surface area contributed by atoms with E-state index in [-0.39, 0.29) is 38.4 Å². The maximum absolute atomic E-state index is 9.96. The van der Waals surface area contributed by atoms with E-state index in [0.717, 1.165) is 44.9 Å². The van der Waals surface area contributed by atoms with Gasteiger partial charge in [0, 0.05) is 44.7 Å². The fourth-order valence-electron chi connectivity index (χ4n) is 4.23. The molecule has 35 heavy (non-hydrogen) atoms. The number of hydrogen-bond donors (Lipinski definition) is 1. The van der Waals surface area contributed by atoms with Gasteiger partial charge in [-0.25, -0.2) is 4.79 Å². The van der Waals surface area contributed by atoms with E-state index in [1.54, 1.807) is 6.20 Å². The molecule has 7 heteroatoms. The molecule has 3 heterocycles. The molecular weight excluding hydrogens is 617 g/mol. The number of hydrogen-bond acceptors (Lipinski definition) is 5. The molecule has 6 rings (SSSR count). The topological polar surface area (TPSA) is 68.7 Å². The van der Waals surface area contributed by atoms with Crippen molar-refractivity contribution in [1.29, 1.82) is 0 Å². The molecule has 4 aromatic rings. The number of ketones is 1. The second-order valence-corrected chi connectivity index (χ2v) is 7.98. The molecule has 2 aliphatic heterocycles. The Morgan fingerprint density at radius 3 is 2.11 bits per heavy atom. The zero-order chi connectivity index (χ0) is 23.7. The Morgan fingerprint density at radius 1 is 0.914 bits per heavy atom. The molecule has 1 aromatic heterocycles. The number of carbonyl (C=O) groups excluding carboxylic acids is 1. The predicted octanol–water partition coefficient (Wildman–Crippen LogP) is 4.11. The molecule has 2 aliphatic rings. The van der Waals surface area contributed by atoms with E-state index in [2.05, 4.69) is 41.4 Å². The molecule has 0 atom stereocenters. The first-order valence-corrected chi connectivity index (χ1v) is 10.9. The molecule has 0 fully saturated rings. The molecule has 0 aliphatic carbocycles. The fourth-order valence-corrected chi connectivity index (χ4v) is 4.23. The van der Waals surface area contributed by atoms with Crippen molar-refractivity contribution in [3.05, 3.63) is 96.9 Å². The Hall–Kier alpha value is -3.76. The number of benzene rings is 3. The summed E-state index contributed by atoms with van der Waals surface area (Å²) in [5.74, 6) is 2.96. The summed E-state index contributed by atoms with van der Waals surface area (Å²) in [6.45, 7) is 2.82. The number of aliphatic hydroxyl groups is 1. The van der Waals surface area contributed by atoms with E-state index in [1.165, 1.54) is 13.8 Å². The molecule has 0 amide bonds. The van der Waals surface area contributed by atoms with Crippen LogP contribution in [-0.2, 0) is 24.9 Å². The van der Waals surface area contributed by atoms with Crippen LogP contribution in [-0.4, -0.2) is 22.6 Å². The summed E-state index contributed by atoms with van der Waals surface area (Å²) in [7, 11) is 0. The van der Waals surface area contributed by atoms with Crippen LogP contribution in [0.3, 0.4) is 0 Å². The number of allylic oxidation sites excluding steroid dienone is 2. The number of aliphatic hydroxyl groups excluding tert-OH is 1. The van der Waals surface area contributed by atoms with E-state index in [1.807, 2.05) is 48.5 Å². The van der Waals surface area contributed by atoms with Gasteiger partial charge >= 0.3 is 17.6 Å². The third kappa shape index (κ3) is 4.89. The fraction of sp³-hybridized carbons (Fsp3) is 0.0714. The molecular formula is C28H20BIrNO4. The van der Waals surface area contributed by atoms with Crippen LogP contribution >= 0.6 is 0 Å². The minimum atomic E-state index is -0.250. The Bertz CT molecular complexity index is 1350. The van der Waals surface area contributed by atoms with E-state index in [0.29, 0.717) is 5.75 Å². The minimum absolute atomic E-state index is 0. The maximum Gasteiger partial charge on any atom is 0.392 e. The van der Waals surface area contributed by atoms with Crippen LogP contribution in [0, 0.1) is 12.1 Å². The van der Waals surface area contributed by atoms with E-state index < -0.39 is 0 Å². The van der Waals surface area contributed by atoms with Gasteiger partial charge in [0.2, 0.25) is 6.71 Å². The Balaban J connectivity index is 0.000000320. The largest absolute Gasteiger partial charge is 0.478 e. The number of fused-ring (bicyclic) bond motifs is 4. The van der Waals surface area contributed by atoms with Crippen molar-refractivity contribution in [3.63, 3.8) is 0 Å². The van der Waals surface area contributed by atoms with Crippen molar-refractivity contribution in [3.8, 4) is 34.3 Å². The molecule has 0 spiro atoms. The second-order valence-electron chi connectivity index (χ2n) is 7.98. The zero-order valence-corrected chi connectivity index (χ0v) is 21.4. The van der Waals surface area contributed by atoms with E-state index in [9.17, 15) is 4.79 Å². The molecule has 1 radical (unpaired) electrons. The van der Waals surface area contributed by atoms with E-state index >= 15 is 0 Å². The summed E-state index contributed by atoms with van der Waals surface area (Å²) < 4.78 is 12.5. The number of aromatic nitrogens is 1. The maximum atomic E-state index is 9.96. The van der Waals surface area contributed by atoms with Crippen LogP contribution in [0.15, 0.2) is 84.8 Å². The number of ether oxygens (including phenoxy) is 2. The molecule has 0 saturated heterocycles. The molecule has 3 aromatic carbocycles. The van der Waals surface area contributed by atoms with Crippen LogP contribution in [0.25, 0.3) is 11.3 Å². The number of nitrogens with zero attached hydrogens (tertiary/aromatic N) is 1. The molecule has 0 saturated carbocycles. The van der Waals surface area contributed by atoms with Gasteiger partial charge in [0.25, 0.3) is 0 Å². The average molecular weight is 638 g/mol. The van der Waals surface area contributed by atoms with Gasteiger partial charge in [0.1, 0.15) is 11.5 Å². The normalized spacial score (nSPS) is 12.1. The van der Waals surface area contributed by atoms with Crippen LogP contribution in [0.1, 0.15) is 13.8 Å². The van der Waals surface area contributed by atoms with Crippen molar-refractivity contribution in [2.75, 3.05) is 0 Å². The first-order chi connectivity index (χ1) is 16.5. The summed E-state index contributed by atoms with van der Waals surface area (Å²) in [5, 5.41) is 8.31. The van der Waals surface area contributed by atoms with Gasteiger partial charge in [-0.3, -0.25) is 0 Å². The van der Waals surface area contributed by atoms with Gasteiger partial charge in [0.05, 0.1) is 6.92 Å². The number of para-hydroxylation sites is 2. The quantitative estimate of drug-likeness (QED) is 0.134. The monoisotopic (exact) mass is 638 g/mol. The van der Waals surface area contributed by atoms with Crippen LogP contribution < -0.4 is 25.9 Å². The van der Waals surface area contributed by atoms with Gasteiger partial charge in [-0.1, -0.05) is 60.1 Å². The van der Waals surface area contributed by atoms with Crippen LogP contribution in [0.2, 0.25) is 0 Å². The number of carbonyl (C=O) groups is 1. The third-order valence-corrected chi connectivity index (χ3v) is 5.51. The average Bonchev–Trinajstić information content (AvgIpc) is 2.83. The molecule has 5 nitrogen and oxygen atoms in total. The Labute approximate surface area is 217 Å². The van der Waals surface area contributed by atoms with E-state index in [4.69, 9.17) is 14.6 Å². The Kier molecular flexibility index (Phi) is 7.13. The van der Waals surface area contributed by atoms with Gasteiger partial charge in [-0.15, -0.1) is 11.6 Å². The summed E-state index contributed by atoms with van der Waals surface area (Å²) in [6.07, 6.45) is 3.92. The first kappa shape index (κ1) is 24.4. The number of pyridine rings is 1. The Morgan fingerprint density at radius 2 is 1.54 bits per heavy atom. The SMILES string of the molecule is CC(=O)[C+]=C(C)O.[Ir].[c-]1c(-c2ccccn2)cc2c3c1Oc1ccccc1B3c1ccccc1O2. The predicted molar refractivity (Wildman–Crippen MR) is 132 cm³/mol. The molecule has 1 N–H and O–H groups in total. The zero-order valence-electron chi connectivity index (χ0n) is 19.0. The third-order valence-electron chi connectivity index (χ3n) is 5.51. The van der Waals surface area contributed by atoms with Gasteiger partial charge in [0.15, 0.2) is 0 Å². The van der Waals surface area contributed by atoms with Crippen molar-refractivity contribution in [1.82, 2.24) is 4.98 Å². The first-order valence-electron chi connectivity index (χ1n) is 10.9. The number of Topliss-reactive ketones (excluding diaryl/α,β-unsaturated/α-hetero) is 1. The van der Waals surface area contributed by atoms with Gasteiger partial charge in [-0.2, -0.15) is 0 Å². The minimum Gasteiger partial charge on any atom is -0.478 e. The molecule has 173 valence electrons. The standard InChI is InChI=1S/C23H13BNO2.C5H6O2.Ir/c1-3-10-19-16(7-1)24-17-8-2-4-11-20(17)27-22-14-15(13-21(26-19)23(22)24)18-9-5-6-12-25-18;1-4(6)3-5(2)7;/h1-13H;1-2H3;/q-1;;/p+1.